The minimum Gasteiger partial charge on any atom is -1.00 e. The van der Waals surface area contributed by atoms with Gasteiger partial charge < -0.3 is 6.53 Å². The summed E-state index contributed by atoms with van der Waals surface area (Å²) in [4.78, 5) is 9.14. The van der Waals surface area contributed by atoms with Crippen molar-refractivity contribution in [3.8, 4) is 0 Å². The normalized spacial score (nSPS) is 9.88. The van der Waals surface area contributed by atoms with Crippen LogP contribution < -0.4 is 18.9 Å². The molecule has 0 bridgehead atoms. The van der Waals surface area contributed by atoms with Crippen molar-refractivity contribution in [2.24, 2.45) is 0 Å². The summed E-state index contributed by atoms with van der Waals surface area (Å²) in [7, 11) is 0. The Bertz CT molecular complexity index is 95.1. The number of halogens is 3. The monoisotopic (exact) mass is 138 g/mol. The third kappa shape index (κ3) is 4.38. The summed E-state index contributed by atoms with van der Waals surface area (Å²) in [5, 5.41) is 3.26. The molecule has 0 fully saturated rings. The molecule has 0 aliphatic heterocycles. The molecular formula is C2H2ClF2LiO2. The summed E-state index contributed by atoms with van der Waals surface area (Å²) < 4.78 is 22.0. The second-order valence-corrected chi connectivity index (χ2v) is 1.28. The van der Waals surface area contributed by atoms with Crippen LogP contribution in [0, 0.1) is 0 Å². The molecule has 0 radical (unpaired) electrons. The first-order valence-electron chi connectivity index (χ1n) is 1.24. The van der Waals surface area contributed by atoms with Crippen LogP contribution >= 0.6 is 11.6 Å². The van der Waals surface area contributed by atoms with E-state index in [0.717, 1.165) is 0 Å². The van der Waals surface area contributed by atoms with Crippen molar-refractivity contribution in [3.63, 3.8) is 0 Å². The van der Waals surface area contributed by atoms with Crippen molar-refractivity contribution in [2.75, 3.05) is 0 Å². The van der Waals surface area contributed by atoms with Gasteiger partial charge in [0.05, 0.1) is 0 Å². The van der Waals surface area contributed by atoms with Crippen molar-refractivity contribution < 1.29 is 39.0 Å². The van der Waals surface area contributed by atoms with Gasteiger partial charge in [-0.1, -0.05) is 0 Å². The Hall–Kier alpha value is 0.217. The third-order valence-electron chi connectivity index (χ3n) is 0.243. The maximum atomic E-state index is 11.0. The van der Waals surface area contributed by atoms with E-state index in [1.807, 2.05) is 0 Å². The number of carboxylic acid groups (broad SMARTS) is 1. The molecule has 8 heavy (non-hydrogen) atoms. The van der Waals surface area contributed by atoms with Gasteiger partial charge in [-0.05, 0) is 11.6 Å². The fraction of sp³-hybridized carbons (Fsp3) is 0.500. The van der Waals surface area contributed by atoms with E-state index in [1.165, 1.54) is 0 Å². The molecule has 0 spiro atoms. The van der Waals surface area contributed by atoms with Gasteiger partial charge in [-0.15, -0.1) is 0 Å². The maximum absolute atomic E-state index is 11.0. The Morgan fingerprint density at radius 3 is 1.88 bits per heavy atom. The van der Waals surface area contributed by atoms with E-state index in [4.69, 9.17) is 9.90 Å². The summed E-state index contributed by atoms with van der Waals surface area (Å²) in [5.74, 6) is -2.32. The van der Waals surface area contributed by atoms with Crippen LogP contribution in [0.1, 0.15) is 1.43 Å². The van der Waals surface area contributed by atoms with Crippen LogP contribution in [0.25, 0.3) is 0 Å². The Labute approximate surface area is 62.5 Å². The molecule has 2 nitrogen and oxygen atoms in total. The van der Waals surface area contributed by atoms with Crippen molar-refractivity contribution >= 4 is 17.6 Å². The van der Waals surface area contributed by atoms with Crippen LogP contribution in [0.2, 0.25) is 0 Å². The Morgan fingerprint density at radius 2 is 1.88 bits per heavy atom. The van der Waals surface area contributed by atoms with Crippen LogP contribution in [0.15, 0.2) is 0 Å². The molecular weight excluding hydrogens is 136 g/mol. The van der Waals surface area contributed by atoms with Crippen molar-refractivity contribution in [1.29, 1.82) is 0 Å². The van der Waals surface area contributed by atoms with E-state index >= 15 is 0 Å². The van der Waals surface area contributed by atoms with Crippen molar-refractivity contribution in [3.05, 3.63) is 0 Å². The first kappa shape index (κ1) is 11.1. The quantitative estimate of drug-likeness (QED) is 0.337. The summed E-state index contributed by atoms with van der Waals surface area (Å²) >= 11 is 3.94. The SMILES string of the molecule is O=C(O)C(F)(F)Cl.[H-].[Li+]. The fourth-order valence-corrected chi connectivity index (χ4v) is 0. The molecule has 0 aliphatic carbocycles. The minimum atomic E-state index is -4.11. The summed E-state index contributed by atoms with van der Waals surface area (Å²) in [6, 6.07) is 0. The zero-order valence-corrected chi connectivity index (χ0v) is 4.75. The van der Waals surface area contributed by atoms with E-state index < -0.39 is 11.4 Å². The van der Waals surface area contributed by atoms with Gasteiger partial charge >= 0.3 is 30.2 Å². The van der Waals surface area contributed by atoms with Crippen molar-refractivity contribution in [1.82, 2.24) is 0 Å². The number of hydrogen-bond acceptors (Lipinski definition) is 1. The molecule has 44 valence electrons. The van der Waals surface area contributed by atoms with Crippen LogP contribution in [0.4, 0.5) is 8.78 Å². The molecule has 0 saturated heterocycles. The van der Waals surface area contributed by atoms with E-state index in [9.17, 15) is 8.78 Å². The van der Waals surface area contributed by atoms with Crippen molar-refractivity contribution in [2.45, 2.75) is 5.38 Å². The van der Waals surface area contributed by atoms with Crippen LogP contribution in [0.5, 0.6) is 0 Å². The first-order valence-corrected chi connectivity index (χ1v) is 1.62. The average Bonchev–Trinajstić information content (AvgIpc) is 1.31. The van der Waals surface area contributed by atoms with Crippen LogP contribution in [-0.2, 0) is 4.79 Å². The number of alkyl halides is 3. The topological polar surface area (TPSA) is 37.3 Å². The third-order valence-corrected chi connectivity index (χ3v) is 0.404. The van der Waals surface area contributed by atoms with Crippen LogP contribution in [-0.4, -0.2) is 16.5 Å². The number of aliphatic carboxylic acids is 1. The Balaban J connectivity index is -0.000000180. The molecule has 0 rings (SSSR count). The predicted molar refractivity (Wildman–Crippen MR) is 19.5 cm³/mol. The zero-order chi connectivity index (χ0) is 6.08. The minimum absolute atomic E-state index is 0. The standard InChI is InChI=1S/C2HClF2O2.Li.H/c3-2(4,5)1(6)7;;/h(H,6,7);;/q;+1;-1. The predicted octanol–water partition coefficient (Wildman–Crippen LogP) is -1.98. The molecule has 6 heteroatoms. The molecule has 0 aromatic rings. The largest absolute Gasteiger partial charge is 1.00 e. The Morgan fingerprint density at radius 1 is 1.75 bits per heavy atom. The Kier molecular flexibility index (Phi) is 4.55. The van der Waals surface area contributed by atoms with Gasteiger partial charge in [-0.2, -0.15) is 8.78 Å². The van der Waals surface area contributed by atoms with Gasteiger partial charge in [-0.25, -0.2) is 4.79 Å². The van der Waals surface area contributed by atoms with E-state index in [2.05, 4.69) is 11.6 Å². The van der Waals surface area contributed by atoms with Gasteiger partial charge in [0.2, 0.25) is 0 Å². The molecule has 0 aromatic carbocycles. The molecule has 0 heterocycles. The first-order chi connectivity index (χ1) is 2.94. The van der Waals surface area contributed by atoms with E-state index in [-0.39, 0.29) is 20.3 Å². The smallest absolute Gasteiger partial charge is 1.00 e. The number of carboxylic acids is 1. The fourth-order valence-electron chi connectivity index (χ4n) is 0. The summed E-state index contributed by atoms with van der Waals surface area (Å²) in [6.45, 7) is 0. The van der Waals surface area contributed by atoms with E-state index in [1.54, 1.807) is 0 Å². The maximum Gasteiger partial charge on any atom is 1.00 e. The molecule has 0 amide bonds. The van der Waals surface area contributed by atoms with Gasteiger partial charge in [0.15, 0.2) is 0 Å². The number of rotatable bonds is 1. The second-order valence-electron chi connectivity index (χ2n) is 0.803. The zero-order valence-electron chi connectivity index (χ0n) is 4.99. The summed E-state index contributed by atoms with van der Waals surface area (Å²) in [5.41, 5.74) is 0. The molecule has 1 N–H and O–H groups in total. The molecule has 0 unspecified atom stereocenters. The molecule has 0 aliphatic rings. The van der Waals surface area contributed by atoms with Gasteiger partial charge in [0.1, 0.15) is 0 Å². The van der Waals surface area contributed by atoms with Gasteiger partial charge in [0.25, 0.3) is 0 Å². The average molecular weight is 138 g/mol. The molecule has 0 aromatic heterocycles. The van der Waals surface area contributed by atoms with E-state index in [0.29, 0.717) is 0 Å². The molecule has 0 atom stereocenters. The molecule has 0 saturated carbocycles. The second kappa shape index (κ2) is 3.28. The number of hydrogen-bond donors (Lipinski definition) is 1. The van der Waals surface area contributed by atoms with Gasteiger partial charge in [-0.3, -0.25) is 0 Å². The van der Waals surface area contributed by atoms with Crippen LogP contribution in [0.3, 0.4) is 0 Å². The number of carbonyl (C=O) groups is 1. The summed E-state index contributed by atoms with van der Waals surface area (Å²) in [6.07, 6.45) is 0. The van der Waals surface area contributed by atoms with Gasteiger partial charge in [0, 0.05) is 0 Å².